The van der Waals surface area contributed by atoms with Gasteiger partial charge in [-0.25, -0.2) is 0 Å². The molecule has 0 radical (unpaired) electrons. The van der Waals surface area contributed by atoms with Crippen LogP contribution in [0.5, 0.6) is 0 Å². The lowest BCUT2D eigenvalue weighted by Gasteiger charge is -2.09. The molecule has 0 aliphatic rings. The Bertz CT molecular complexity index is 149. The van der Waals surface area contributed by atoms with Crippen LogP contribution in [0.25, 0.3) is 0 Å². The zero-order chi connectivity index (χ0) is 9.07. The average molecular weight is 189 g/mol. The summed E-state index contributed by atoms with van der Waals surface area (Å²) in [4.78, 5) is 9.86. The normalized spacial score (nSPS) is 14.5. The lowest BCUT2D eigenvalue weighted by molar-refractivity contribution is -0.431. The summed E-state index contributed by atoms with van der Waals surface area (Å²) in [6.45, 7) is 0. The second-order valence-electron chi connectivity index (χ2n) is 1.77. The van der Waals surface area contributed by atoms with E-state index in [1.165, 1.54) is 0 Å². The van der Waals surface area contributed by atoms with E-state index in [1.54, 1.807) is 0 Å². The van der Waals surface area contributed by atoms with Crippen molar-refractivity contribution in [2.45, 2.75) is 11.6 Å². The van der Waals surface area contributed by atoms with Crippen LogP contribution in [0.4, 0.5) is 13.2 Å². The first kappa shape index (κ1) is 10.6. The van der Waals surface area contributed by atoms with Gasteiger partial charge in [0.25, 0.3) is 0 Å². The quantitative estimate of drug-likeness (QED) is 0.593. The van der Waals surface area contributed by atoms with Gasteiger partial charge in [-0.3, -0.25) is 0 Å². The van der Waals surface area contributed by atoms with E-state index in [9.17, 15) is 23.1 Å². The van der Waals surface area contributed by atoms with E-state index in [0.29, 0.717) is 0 Å². The van der Waals surface area contributed by atoms with Gasteiger partial charge in [-0.15, -0.1) is 0 Å². The molecule has 11 heavy (non-hydrogen) atoms. The Kier molecular flexibility index (Phi) is 3.67. The monoisotopic (exact) mass is 189 g/mol. The molecule has 0 bridgehead atoms. The fourth-order valence-corrected chi connectivity index (χ4v) is 0.789. The average Bonchev–Trinajstić information content (AvgIpc) is 1.80. The van der Waals surface area contributed by atoms with Crippen molar-refractivity contribution >= 4 is 17.7 Å². The third kappa shape index (κ3) is 5.99. The summed E-state index contributed by atoms with van der Waals surface area (Å²) >= 11 is -0.413. The molecule has 0 unspecified atom stereocenters. The van der Waals surface area contributed by atoms with Gasteiger partial charge in [0.15, 0.2) is 0 Å². The number of hydrogen-bond acceptors (Lipinski definition) is 3. The van der Waals surface area contributed by atoms with Crippen LogP contribution in [0.15, 0.2) is 0 Å². The first-order chi connectivity index (χ1) is 4.83. The van der Waals surface area contributed by atoms with E-state index in [4.69, 9.17) is 0 Å². The summed E-state index contributed by atoms with van der Waals surface area (Å²) in [6, 6.07) is -1.32. The van der Waals surface area contributed by atoms with E-state index in [2.05, 4.69) is 5.73 Å². The summed E-state index contributed by atoms with van der Waals surface area (Å²) in [5.41, 5.74) is -1.44. The van der Waals surface area contributed by atoms with E-state index in [1.807, 2.05) is 0 Å². The maximum atomic E-state index is 11.4. The van der Waals surface area contributed by atoms with Crippen LogP contribution in [0, 0.1) is 0 Å². The van der Waals surface area contributed by atoms with Gasteiger partial charge in [-0.1, -0.05) is 0 Å². The molecule has 0 aromatic heterocycles. The van der Waals surface area contributed by atoms with Gasteiger partial charge in [-0.05, 0) is 11.8 Å². The van der Waals surface area contributed by atoms with Gasteiger partial charge in [0.1, 0.15) is 6.04 Å². The van der Waals surface area contributed by atoms with Crippen molar-refractivity contribution in [3.8, 4) is 0 Å². The molecule has 1 atom stereocenters. The minimum absolute atomic E-state index is 0.413. The lowest BCUT2D eigenvalue weighted by atomic mass is 10.4. The van der Waals surface area contributed by atoms with Crippen LogP contribution in [0.3, 0.4) is 0 Å². The van der Waals surface area contributed by atoms with Crippen LogP contribution in [-0.2, 0) is 4.79 Å². The van der Waals surface area contributed by atoms with Crippen molar-refractivity contribution < 1.29 is 28.8 Å². The molecule has 7 heteroatoms. The third-order valence-corrected chi connectivity index (χ3v) is 1.68. The number of alkyl halides is 3. The Labute approximate surface area is 64.7 Å². The lowest BCUT2D eigenvalue weighted by Crippen LogP contribution is -2.69. The molecule has 0 spiro atoms. The van der Waals surface area contributed by atoms with Crippen molar-refractivity contribution in [1.29, 1.82) is 0 Å². The van der Waals surface area contributed by atoms with Gasteiger partial charge < -0.3 is 15.6 Å². The van der Waals surface area contributed by atoms with Gasteiger partial charge in [0.2, 0.25) is 0 Å². The number of rotatable bonds is 3. The predicted molar refractivity (Wildman–Crippen MR) is 30.2 cm³/mol. The van der Waals surface area contributed by atoms with Crippen LogP contribution in [0.1, 0.15) is 0 Å². The van der Waals surface area contributed by atoms with Gasteiger partial charge in [0.05, 0.1) is 11.7 Å². The number of carbonyl (C=O) groups excluding carboxylic acids is 1. The minimum atomic E-state index is -4.40. The second-order valence-corrected chi connectivity index (χ2v) is 2.86. The van der Waals surface area contributed by atoms with Crippen molar-refractivity contribution in [2.75, 3.05) is 5.75 Å². The minimum Gasteiger partial charge on any atom is -0.544 e. The molecular weight excluding hydrogens is 183 g/mol. The number of carboxylic acid groups (broad SMARTS) is 1. The Morgan fingerprint density at radius 3 is 2.36 bits per heavy atom. The highest BCUT2D eigenvalue weighted by atomic mass is 32.2. The highest BCUT2D eigenvalue weighted by Crippen LogP contribution is 2.29. The molecule has 0 fully saturated rings. The maximum absolute atomic E-state index is 11.4. The summed E-state index contributed by atoms with van der Waals surface area (Å²) < 4.78 is 34.2. The van der Waals surface area contributed by atoms with Crippen LogP contribution >= 0.6 is 11.8 Å². The van der Waals surface area contributed by atoms with E-state index in [-0.39, 0.29) is 0 Å². The number of carbonyl (C=O) groups is 1. The molecule has 0 saturated heterocycles. The third-order valence-electron chi connectivity index (χ3n) is 0.782. The largest absolute Gasteiger partial charge is 0.544 e. The topological polar surface area (TPSA) is 67.8 Å². The summed E-state index contributed by atoms with van der Waals surface area (Å²) in [6.07, 6.45) is 0. The zero-order valence-corrected chi connectivity index (χ0v) is 6.17. The Balaban J connectivity index is 3.63. The molecule has 3 N–H and O–H groups in total. The van der Waals surface area contributed by atoms with Crippen molar-refractivity contribution in [1.82, 2.24) is 0 Å². The highest BCUT2D eigenvalue weighted by Gasteiger charge is 2.29. The zero-order valence-electron chi connectivity index (χ0n) is 5.35. The molecule has 3 nitrogen and oxygen atoms in total. The van der Waals surface area contributed by atoms with Crippen molar-refractivity contribution in [3.05, 3.63) is 0 Å². The Morgan fingerprint density at radius 1 is 1.64 bits per heavy atom. The molecular formula is C4H6F3NO2S. The number of hydrogen-bond donors (Lipinski definition) is 1. The van der Waals surface area contributed by atoms with Crippen LogP contribution in [-0.4, -0.2) is 23.3 Å². The molecule has 66 valence electrons. The fourth-order valence-electron chi connectivity index (χ4n) is 0.263. The summed E-state index contributed by atoms with van der Waals surface area (Å²) in [5.74, 6) is -2.17. The first-order valence-corrected chi connectivity index (χ1v) is 3.56. The van der Waals surface area contributed by atoms with Gasteiger partial charge in [-0.2, -0.15) is 13.2 Å². The molecule has 0 aliphatic carbocycles. The van der Waals surface area contributed by atoms with E-state index in [0.717, 1.165) is 0 Å². The maximum Gasteiger partial charge on any atom is 0.442 e. The summed E-state index contributed by atoms with van der Waals surface area (Å²) in [7, 11) is 0. The van der Waals surface area contributed by atoms with Crippen LogP contribution < -0.4 is 10.8 Å². The standard InChI is InChI=1S/C4H6F3NO2S/c5-4(6,7)11-1-2(8)3(9)10/h2H,1,8H2,(H,9,10)/t2-/m1/s1. The van der Waals surface area contributed by atoms with Gasteiger partial charge in [0, 0.05) is 0 Å². The second kappa shape index (κ2) is 3.82. The predicted octanol–water partition coefficient (Wildman–Crippen LogP) is -1.40. The molecule has 0 aromatic rings. The molecule has 0 heterocycles. The Hall–Kier alpha value is -0.430. The highest BCUT2D eigenvalue weighted by molar-refractivity contribution is 8.00. The molecule has 0 aliphatic heterocycles. The van der Waals surface area contributed by atoms with E-state index >= 15 is 0 Å². The van der Waals surface area contributed by atoms with Crippen molar-refractivity contribution in [3.63, 3.8) is 0 Å². The van der Waals surface area contributed by atoms with Gasteiger partial charge >= 0.3 is 5.51 Å². The van der Waals surface area contributed by atoms with Crippen LogP contribution in [0.2, 0.25) is 0 Å². The Morgan fingerprint density at radius 2 is 2.09 bits per heavy atom. The SMILES string of the molecule is [NH3+][C@H](CSC(F)(F)F)C(=O)[O-]. The van der Waals surface area contributed by atoms with Crippen molar-refractivity contribution in [2.24, 2.45) is 0 Å². The molecule has 0 amide bonds. The number of aliphatic carboxylic acids is 1. The molecule has 0 aromatic carbocycles. The number of quaternary nitrogens is 1. The molecule has 0 rings (SSSR count). The number of thioether (sulfide) groups is 1. The summed E-state index contributed by atoms with van der Waals surface area (Å²) in [5, 5.41) is 9.86. The van der Waals surface area contributed by atoms with E-state index < -0.39 is 35.0 Å². The molecule has 0 saturated carbocycles. The number of carboxylic acids is 1. The fraction of sp³-hybridized carbons (Fsp3) is 0.750. The first-order valence-electron chi connectivity index (χ1n) is 2.57. The smallest absolute Gasteiger partial charge is 0.442 e. The number of halogens is 3.